The number of benzene rings is 4. The van der Waals surface area contributed by atoms with E-state index in [1.807, 2.05) is 0 Å². The van der Waals surface area contributed by atoms with Gasteiger partial charge in [0.15, 0.2) is 12.1 Å². The molecule has 0 aromatic heterocycles. The Labute approximate surface area is 190 Å². The van der Waals surface area contributed by atoms with Gasteiger partial charge >= 0.3 is 0 Å². The van der Waals surface area contributed by atoms with Crippen molar-refractivity contribution < 1.29 is 0 Å². The van der Waals surface area contributed by atoms with Gasteiger partial charge in [0.2, 0.25) is 0 Å². The van der Waals surface area contributed by atoms with Gasteiger partial charge in [-0.15, -0.1) is 0 Å². The van der Waals surface area contributed by atoms with Gasteiger partial charge in [0.05, 0.1) is 0 Å². The van der Waals surface area contributed by atoms with Gasteiger partial charge < -0.3 is 0 Å². The van der Waals surface area contributed by atoms with Crippen LogP contribution in [-0.4, -0.2) is 0 Å². The highest BCUT2D eigenvalue weighted by molar-refractivity contribution is 7.59. The van der Waals surface area contributed by atoms with Crippen molar-refractivity contribution in [1.29, 1.82) is 10.5 Å². The molecule has 4 aromatic carbocycles. The Morgan fingerprint density at radius 3 is 0.742 bits per heavy atom. The van der Waals surface area contributed by atoms with Gasteiger partial charge in [0.1, 0.15) is 0 Å². The summed E-state index contributed by atoms with van der Waals surface area (Å²) in [6, 6.07) is 45.1. The molecule has 4 rings (SSSR count). The third-order valence-electron chi connectivity index (χ3n) is 4.55. The largest absolute Gasteiger partial charge is 0.197 e. The third kappa shape index (κ3) is 6.21. The molecule has 0 saturated carbocycles. The Bertz CT molecular complexity index is 992. The Hall–Kier alpha value is -4.05. The molecule has 2 nitrogen and oxygen atoms in total. The number of nitrogens with zero attached hydrogens (tertiary/aromatic N) is 2. The molecule has 0 amide bonds. The maximum absolute atomic E-state index is 7.26. The van der Waals surface area contributed by atoms with E-state index < -0.39 is 0 Å². The molecule has 150 valence electrons. The van der Waals surface area contributed by atoms with E-state index in [0.717, 1.165) is 0 Å². The second-order valence-corrected chi connectivity index (χ2v) is 6.44. The van der Waals surface area contributed by atoms with Crippen LogP contribution in [0, 0.1) is 22.7 Å². The Kier molecular flexibility index (Phi) is 9.37. The zero-order valence-corrected chi connectivity index (χ0v) is 17.9. The first-order valence-electron chi connectivity index (χ1n) is 9.59. The van der Waals surface area contributed by atoms with E-state index in [1.165, 1.54) is 45.5 Å². The molecule has 0 fully saturated rings. The van der Waals surface area contributed by atoms with Crippen molar-refractivity contribution in [2.45, 2.75) is 0 Å². The highest BCUT2D eigenvalue weighted by Crippen LogP contribution is 2.36. The molecule has 0 aliphatic carbocycles. The summed E-state index contributed by atoms with van der Waals surface area (Å²) in [6.07, 6.45) is 0. The molecule has 31 heavy (non-hydrogen) atoms. The number of nitriles is 2. The molecule has 0 aliphatic heterocycles. The number of hydrogen-bond donors (Lipinski definition) is 0. The lowest BCUT2D eigenvalue weighted by Gasteiger charge is -2.18. The highest BCUT2D eigenvalue weighted by Gasteiger charge is 2.15. The monoisotopic (exact) mass is 418 g/mol. The van der Waals surface area contributed by atoms with Gasteiger partial charge in [0, 0.05) is 0 Å². The van der Waals surface area contributed by atoms with E-state index in [1.54, 1.807) is 0 Å². The minimum Gasteiger partial charge on any atom is -0.197 e. The van der Waals surface area contributed by atoms with Gasteiger partial charge in [-0.1, -0.05) is 121 Å². The average Bonchev–Trinajstić information content (AvgIpc) is 2.85. The summed E-state index contributed by atoms with van der Waals surface area (Å²) in [4.78, 5) is 0. The molecule has 0 N–H and O–H groups in total. The first-order chi connectivity index (χ1) is 14.8. The molecular weight excluding hydrogens is 396 g/mol. The Morgan fingerprint density at radius 1 is 0.387 bits per heavy atom. The molecule has 4 aromatic rings. The summed E-state index contributed by atoms with van der Waals surface area (Å²) in [7, 11) is 0. The van der Waals surface area contributed by atoms with Crippen molar-refractivity contribution in [3.8, 4) is 12.1 Å². The summed E-state index contributed by atoms with van der Waals surface area (Å²) in [5.74, 6) is 0. The Morgan fingerprint density at radius 2 is 0.581 bits per heavy atom. The van der Waals surface area contributed by atoms with Crippen LogP contribution in [0.4, 0.5) is 0 Å². The molecular formula is C28H22N2S. The predicted octanol–water partition coefficient (Wildman–Crippen LogP) is 6.84. The Balaban J connectivity index is 0.000000631. The lowest BCUT2D eigenvalue weighted by atomic mass is 9.86. The minimum absolute atomic E-state index is 0. The van der Waals surface area contributed by atoms with Crippen LogP contribution in [0.1, 0.15) is 22.3 Å². The zero-order chi connectivity index (χ0) is 21.0. The number of hydrogen-bond acceptors (Lipinski definition) is 2. The maximum atomic E-state index is 7.26. The average molecular weight is 419 g/mol. The fourth-order valence-corrected chi connectivity index (χ4v) is 3.33. The van der Waals surface area contributed by atoms with Gasteiger partial charge in [-0.25, -0.2) is 0 Å². The lowest BCUT2D eigenvalue weighted by molar-refractivity contribution is 1.49. The van der Waals surface area contributed by atoms with Crippen LogP contribution >= 0.6 is 13.5 Å². The fourth-order valence-electron chi connectivity index (χ4n) is 3.33. The predicted molar refractivity (Wildman–Crippen MR) is 132 cm³/mol. The van der Waals surface area contributed by atoms with E-state index in [4.69, 9.17) is 10.5 Å². The van der Waals surface area contributed by atoms with Crippen molar-refractivity contribution in [2.75, 3.05) is 0 Å². The van der Waals surface area contributed by atoms with Gasteiger partial charge in [-0.3, -0.25) is 0 Å². The van der Waals surface area contributed by atoms with E-state index in [2.05, 4.69) is 121 Å². The standard InChI is InChI=1S/C26H20.C2N2.H2S/c1-5-13-21(14-6-1)25(22-15-7-2-8-16-22)26(23-17-9-3-10-18-23)24-19-11-4-12-20-24;3-1-2-4;/h1-20H;;1H2. The van der Waals surface area contributed by atoms with Crippen LogP contribution in [0.15, 0.2) is 121 Å². The van der Waals surface area contributed by atoms with Crippen molar-refractivity contribution >= 4 is 24.6 Å². The van der Waals surface area contributed by atoms with Crippen molar-refractivity contribution in [1.82, 2.24) is 0 Å². The molecule has 0 spiro atoms. The lowest BCUT2D eigenvalue weighted by Crippen LogP contribution is -1.97. The second kappa shape index (κ2) is 12.5. The van der Waals surface area contributed by atoms with E-state index in [0.29, 0.717) is 0 Å². The van der Waals surface area contributed by atoms with Crippen LogP contribution in [0.2, 0.25) is 0 Å². The second-order valence-electron chi connectivity index (χ2n) is 6.44. The SMILES string of the molecule is N#CC#N.S.c1ccc(C(=C(c2ccccc2)c2ccccc2)c2ccccc2)cc1. The van der Waals surface area contributed by atoms with E-state index in [9.17, 15) is 0 Å². The molecule has 0 aliphatic rings. The summed E-state index contributed by atoms with van der Waals surface area (Å²) in [5.41, 5.74) is 7.40. The van der Waals surface area contributed by atoms with Crippen LogP contribution in [0.25, 0.3) is 11.1 Å². The van der Waals surface area contributed by atoms with Crippen LogP contribution in [-0.2, 0) is 0 Å². The molecule has 0 saturated heterocycles. The molecule has 0 heterocycles. The quantitative estimate of drug-likeness (QED) is 0.341. The molecule has 3 heteroatoms. The van der Waals surface area contributed by atoms with E-state index >= 15 is 0 Å². The molecule has 0 bridgehead atoms. The van der Waals surface area contributed by atoms with E-state index in [-0.39, 0.29) is 13.5 Å². The summed E-state index contributed by atoms with van der Waals surface area (Å²) < 4.78 is 0. The van der Waals surface area contributed by atoms with Crippen LogP contribution < -0.4 is 0 Å². The molecule has 0 atom stereocenters. The minimum atomic E-state index is 0. The molecule has 0 unspecified atom stereocenters. The highest BCUT2D eigenvalue weighted by atomic mass is 32.1. The van der Waals surface area contributed by atoms with Crippen molar-refractivity contribution in [3.05, 3.63) is 144 Å². The van der Waals surface area contributed by atoms with Crippen molar-refractivity contribution in [3.63, 3.8) is 0 Å². The third-order valence-corrected chi connectivity index (χ3v) is 4.55. The fraction of sp³-hybridized carbons (Fsp3) is 0. The molecule has 0 radical (unpaired) electrons. The van der Waals surface area contributed by atoms with Gasteiger partial charge in [-0.05, 0) is 33.4 Å². The van der Waals surface area contributed by atoms with Crippen LogP contribution in [0.5, 0.6) is 0 Å². The number of rotatable bonds is 4. The smallest absolute Gasteiger partial charge is 0.181 e. The summed E-state index contributed by atoms with van der Waals surface area (Å²) >= 11 is 0. The summed E-state index contributed by atoms with van der Waals surface area (Å²) in [5, 5.41) is 14.5. The zero-order valence-electron chi connectivity index (χ0n) is 16.9. The first-order valence-corrected chi connectivity index (χ1v) is 9.59. The summed E-state index contributed by atoms with van der Waals surface area (Å²) in [6.45, 7) is 0. The normalized spacial score (nSPS) is 8.97. The van der Waals surface area contributed by atoms with Gasteiger partial charge in [-0.2, -0.15) is 24.0 Å². The first kappa shape index (κ1) is 23.2. The topological polar surface area (TPSA) is 47.6 Å². The van der Waals surface area contributed by atoms with Crippen LogP contribution in [0.3, 0.4) is 0 Å². The van der Waals surface area contributed by atoms with Crippen molar-refractivity contribution in [2.24, 2.45) is 0 Å². The van der Waals surface area contributed by atoms with Gasteiger partial charge in [0.25, 0.3) is 0 Å². The maximum Gasteiger partial charge on any atom is 0.181 e.